The third kappa shape index (κ3) is 3.95. The van der Waals surface area contributed by atoms with Crippen molar-refractivity contribution in [3.05, 3.63) is 48.0 Å². The first-order chi connectivity index (χ1) is 13.3. The summed E-state index contributed by atoms with van der Waals surface area (Å²) in [5, 5.41) is 2.64. The van der Waals surface area contributed by atoms with Crippen LogP contribution in [-0.4, -0.2) is 5.78 Å². The zero-order chi connectivity index (χ0) is 18.6. The van der Waals surface area contributed by atoms with Crippen molar-refractivity contribution in [1.82, 2.24) is 0 Å². The SMILES string of the molecule is CCCCCCCCCC(=O)c1ccc2c(c1)sc1c3ccccc3sc21. The minimum absolute atomic E-state index is 0.298. The smallest absolute Gasteiger partial charge is 0.162 e. The van der Waals surface area contributed by atoms with Crippen LogP contribution in [0.1, 0.15) is 68.6 Å². The summed E-state index contributed by atoms with van der Waals surface area (Å²) >= 11 is 3.69. The lowest BCUT2D eigenvalue weighted by atomic mass is 10.0. The van der Waals surface area contributed by atoms with Crippen molar-refractivity contribution >= 4 is 58.0 Å². The van der Waals surface area contributed by atoms with E-state index in [1.54, 1.807) is 0 Å². The summed E-state index contributed by atoms with van der Waals surface area (Å²) < 4.78 is 5.32. The Morgan fingerprint density at radius 3 is 2.26 bits per heavy atom. The Morgan fingerprint density at radius 2 is 1.44 bits per heavy atom. The van der Waals surface area contributed by atoms with Crippen LogP contribution in [0.3, 0.4) is 0 Å². The molecule has 1 nitrogen and oxygen atoms in total. The Bertz CT molecular complexity index is 1070. The topological polar surface area (TPSA) is 17.1 Å². The van der Waals surface area contributed by atoms with Crippen LogP contribution in [0, 0.1) is 0 Å². The molecule has 4 aromatic rings. The summed E-state index contributed by atoms with van der Waals surface area (Å²) in [6.45, 7) is 2.25. The van der Waals surface area contributed by atoms with E-state index in [-0.39, 0.29) is 0 Å². The number of carbonyl (C=O) groups is 1. The standard InChI is InChI=1S/C24H26OS2/c1-2-3-4-5-6-7-8-12-20(25)17-14-15-19-22(16-17)27-23-18-11-9-10-13-21(18)26-24(19)23/h9-11,13-16H,2-8,12H2,1H3. The molecule has 0 aliphatic heterocycles. The Morgan fingerprint density at radius 1 is 0.778 bits per heavy atom. The summed E-state index contributed by atoms with van der Waals surface area (Å²) in [4.78, 5) is 12.6. The first kappa shape index (κ1) is 18.6. The van der Waals surface area contributed by atoms with Crippen LogP contribution in [0.5, 0.6) is 0 Å². The van der Waals surface area contributed by atoms with Gasteiger partial charge in [-0.05, 0) is 18.6 Å². The molecule has 0 aliphatic carbocycles. The lowest BCUT2D eigenvalue weighted by molar-refractivity contribution is 0.0979. The predicted octanol–water partition coefficient (Wildman–Crippen LogP) is 8.59. The fraction of sp³-hybridized carbons (Fsp3) is 0.375. The van der Waals surface area contributed by atoms with E-state index in [1.807, 2.05) is 28.7 Å². The first-order valence-corrected chi connectivity index (χ1v) is 11.8. The van der Waals surface area contributed by atoms with Gasteiger partial charge in [-0.15, -0.1) is 22.7 Å². The lowest BCUT2D eigenvalue weighted by Gasteiger charge is -2.02. The number of thiophene rings is 2. The second kappa shape index (κ2) is 8.53. The van der Waals surface area contributed by atoms with Crippen molar-refractivity contribution in [2.75, 3.05) is 0 Å². The van der Waals surface area contributed by atoms with E-state index in [0.717, 1.165) is 12.0 Å². The highest BCUT2D eigenvalue weighted by Crippen LogP contribution is 2.44. The molecule has 0 aliphatic rings. The highest BCUT2D eigenvalue weighted by Gasteiger charge is 2.13. The summed E-state index contributed by atoms with van der Waals surface area (Å²) in [6.07, 6.45) is 9.43. The maximum Gasteiger partial charge on any atom is 0.162 e. The Hall–Kier alpha value is -1.71. The largest absolute Gasteiger partial charge is 0.294 e. The zero-order valence-corrected chi connectivity index (χ0v) is 17.6. The quantitative estimate of drug-likeness (QED) is 0.205. The van der Waals surface area contributed by atoms with Crippen molar-refractivity contribution < 1.29 is 4.79 Å². The lowest BCUT2D eigenvalue weighted by Crippen LogP contribution is -1.98. The van der Waals surface area contributed by atoms with Gasteiger partial charge in [0.25, 0.3) is 0 Å². The van der Waals surface area contributed by atoms with Gasteiger partial charge in [0.2, 0.25) is 0 Å². The number of Topliss-reactive ketones (excluding diaryl/α,β-unsaturated/α-hetero) is 1. The van der Waals surface area contributed by atoms with E-state index in [1.165, 1.54) is 68.1 Å². The summed E-state index contributed by atoms with van der Waals surface area (Å²) in [5.74, 6) is 0.298. The molecule has 0 amide bonds. The molecule has 0 spiro atoms. The molecule has 0 atom stereocenters. The molecular formula is C24H26OS2. The molecular weight excluding hydrogens is 368 g/mol. The van der Waals surface area contributed by atoms with E-state index in [4.69, 9.17) is 0 Å². The van der Waals surface area contributed by atoms with Crippen molar-refractivity contribution in [3.8, 4) is 0 Å². The Labute approximate surface area is 169 Å². The number of hydrogen-bond donors (Lipinski definition) is 0. The highest BCUT2D eigenvalue weighted by molar-refractivity contribution is 7.36. The van der Waals surface area contributed by atoms with E-state index < -0.39 is 0 Å². The second-order valence-corrected chi connectivity index (χ2v) is 9.47. The van der Waals surface area contributed by atoms with Crippen LogP contribution in [0.25, 0.3) is 29.6 Å². The Kier molecular flexibility index (Phi) is 5.89. The van der Waals surface area contributed by atoms with Gasteiger partial charge in [-0.25, -0.2) is 0 Å². The fourth-order valence-corrected chi connectivity index (χ4v) is 6.46. The average molecular weight is 395 g/mol. The average Bonchev–Trinajstić information content (AvgIpc) is 3.22. The predicted molar refractivity (Wildman–Crippen MR) is 122 cm³/mol. The number of benzene rings is 2. The van der Waals surface area contributed by atoms with Gasteiger partial charge >= 0.3 is 0 Å². The molecule has 2 aromatic carbocycles. The first-order valence-electron chi connectivity index (χ1n) is 10.1. The highest BCUT2D eigenvalue weighted by atomic mass is 32.1. The fourth-order valence-electron chi connectivity index (χ4n) is 3.77. The van der Waals surface area contributed by atoms with E-state index in [2.05, 4.69) is 43.3 Å². The monoisotopic (exact) mass is 394 g/mol. The molecule has 140 valence electrons. The third-order valence-corrected chi connectivity index (χ3v) is 7.84. The zero-order valence-electron chi connectivity index (χ0n) is 15.9. The van der Waals surface area contributed by atoms with Gasteiger partial charge in [-0.3, -0.25) is 4.79 Å². The van der Waals surface area contributed by atoms with Crippen molar-refractivity contribution in [2.45, 2.75) is 58.3 Å². The maximum atomic E-state index is 12.6. The van der Waals surface area contributed by atoms with Crippen LogP contribution < -0.4 is 0 Å². The molecule has 0 saturated heterocycles. The number of unbranched alkanes of at least 4 members (excludes halogenated alkanes) is 6. The molecule has 2 aromatic heterocycles. The number of hydrogen-bond acceptors (Lipinski definition) is 3. The van der Waals surface area contributed by atoms with Gasteiger partial charge in [0.15, 0.2) is 5.78 Å². The number of rotatable bonds is 9. The van der Waals surface area contributed by atoms with Crippen molar-refractivity contribution in [1.29, 1.82) is 0 Å². The summed E-state index contributed by atoms with van der Waals surface area (Å²) in [7, 11) is 0. The number of ketones is 1. The second-order valence-electron chi connectivity index (χ2n) is 7.36. The van der Waals surface area contributed by atoms with Gasteiger partial charge in [0, 0.05) is 32.2 Å². The van der Waals surface area contributed by atoms with Gasteiger partial charge < -0.3 is 0 Å². The number of fused-ring (bicyclic) bond motifs is 5. The normalized spacial score (nSPS) is 11.7. The van der Waals surface area contributed by atoms with Gasteiger partial charge in [-0.2, -0.15) is 0 Å². The molecule has 3 heteroatoms. The molecule has 0 fully saturated rings. The molecule has 0 saturated carbocycles. The third-order valence-electron chi connectivity index (χ3n) is 5.32. The van der Waals surface area contributed by atoms with Crippen LogP contribution in [-0.2, 0) is 0 Å². The summed E-state index contributed by atoms with van der Waals surface area (Å²) in [6, 6.07) is 14.9. The molecule has 4 rings (SSSR count). The molecule has 27 heavy (non-hydrogen) atoms. The van der Waals surface area contributed by atoms with Crippen LogP contribution in [0.2, 0.25) is 0 Å². The van der Waals surface area contributed by atoms with Crippen molar-refractivity contribution in [3.63, 3.8) is 0 Å². The van der Waals surface area contributed by atoms with Crippen LogP contribution in [0.15, 0.2) is 42.5 Å². The maximum absolute atomic E-state index is 12.6. The molecule has 0 N–H and O–H groups in total. The van der Waals surface area contributed by atoms with Crippen LogP contribution in [0.4, 0.5) is 0 Å². The molecule has 2 heterocycles. The van der Waals surface area contributed by atoms with E-state index in [9.17, 15) is 4.79 Å². The summed E-state index contributed by atoms with van der Waals surface area (Å²) in [5.41, 5.74) is 0.881. The van der Waals surface area contributed by atoms with Gasteiger partial charge in [-0.1, -0.05) is 75.8 Å². The minimum Gasteiger partial charge on any atom is -0.294 e. The van der Waals surface area contributed by atoms with Gasteiger partial charge in [0.1, 0.15) is 0 Å². The van der Waals surface area contributed by atoms with Gasteiger partial charge in [0.05, 0.1) is 9.40 Å². The van der Waals surface area contributed by atoms with E-state index >= 15 is 0 Å². The minimum atomic E-state index is 0.298. The Balaban J connectivity index is 1.45. The van der Waals surface area contributed by atoms with Crippen molar-refractivity contribution in [2.24, 2.45) is 0 Å². The van der Waals surface area contributed by atoms with Crippen LogP contribution >= 0.6 is 22.7 Å². The van der Waals surface area contributed by atoms with E-state index in [0.29, 0.717) is 12.2 Å². The molecule has 0 unspecified atom stereocenters. The molecule has 0 radical (unpaired) electrons. The molecule has 0 bridgehead atoms. The number of carbonyl (C=O) groups excluding carboxylic acids is 1.